The number of nitrogens with zero attached hydrogens (tertiary/aromatic N) is 2. The number of carboxylic acids is 1. The van der Waals surface area contributed by atoms with Crippen molar-refractivity contribution < 1.29 is 19.2 Å². The summed E-state index contributed by atoms with van der Waals surface area (Å²) in [6.07, 6.45) is 0. The molecule has 21 heavy (non-hydrogen) atoms. The van der Waals surface area contributed by atoms with Crippen LogP contribution < -0.4 is 0 Å². The van der Waals surface area contributed by atoms with Crippen molar-refractivity contribution in [3.8, 4) is 11.4 Å². The minimum atomic E-state index is -1.04. The summed E-state index contributed by atoms with van der Waals surface area (Å²) < 4.78 is 9.94. The number of aliphatic carboxylic acids is 1. The summed E-state index contributed by atoms with van der Waals surface area (Å²) in [6, 6.07) is 13.9. The van der Waals surface area contributed by atoms with Crippen LogP contribution in [0, 0.1) is 0 Å². The molecule has 1 aromatic heterocycles. The summed E-state index contributed by atoms with van der Waals surface area (Å²) in [5, 5.41) is 14.6. The Labute approximate surface area is 120 Å². The largest absolute Gasteiger partial charge is 0.480 e. The van der Waals surface area contributed by atoms with Crippen LogP contribution in [0.2, 0.25) is 0 Å². The Morgan fingerprint density at radius 2 is 2.00 bits per heavy atom. The van der Waals surface area contributed by atoms with Gasteiger partial charge in [0.1, 0.15) is 13.2 Å². The van der Waals surface area contributed by atoms with Gasteiger partial charge < -0.3 is 14.4 Å². The Hall–Kier alpha value is -2.73. The van der Waals surface area contributed by atoms with E-state index < -0.39 is 12.6 Å². The lowest BCUT2D eigenvalue weighted by molar-refractivity contribution is -0.142. The van der Waals surface area contributed by atoms with Gasteiger partial charge in [-0.3, -0.25) is 0 Å². The van der Waals surface area contributed by atoms with E-state index in [9.17, 15) is 4.79 Å². The smallest absolute Gasteiger partial charge is 0.329 e. The van der Waals surface area contributed by atoms with E-state index in [1.165, 1.54) is 0 Å². The molecular formula is C15H12N2O4. The van der Waals surface area contributed by atoms with Gasteiger partial charge in [-0.1, -0.05) is 41.6 Å². The molecule has 1 heterocycles. The predicted molar refractivity (Wildman–Crippen MR) is 74.5 cm³/mol. The van der Waals surface area contributed by atoms with Crippen LogP contribution in [0.4, 0.5) is 0 Å². The first-order valence-corrected chi connectivity index (χ1v) is 6.34. The number of rotatable bonds is 5. The van der Waals surface area contributed by atoms with Crippen molar-refractivity contribution >= 4 is 16.7 Å². The average molecular weight is 284 g/mol. The van der Waals surface area contributed by atoms with Crippen molar-refractivity contribution in [2.45, 2.75) is 6.61 Å². The van der Waals surface area contributed by atoms with Crippen molar-refractivity contribution in [1.29, 1.82) is 0 Å². The molecule has 3 rings (SSSR count). The third-order valence-electron chi connectivity index (χ3n) is 2.93. The quantitative estimate of drug-likeness (QED) is 0.774. The molecule has 0 aliphatic rings. The molecule has 6 nitrogen and oxygen atoms in total. The van der Waals surface area contributed by atoms with Crippen LogP contribution in [0.5, 0.6) is 0 Å². The summed E-state index contributed by atoms with van der Waals surface area (Å²) in [7, 11) is 0. The second-order valence-electron chi connectivity index (χ2n) is 4.46. The third kappa shape index (κ3) is 3.06. The molecule has 0 saturated carbocycles. The van der Waals surface area contributed by atoms with Crippen molar-refractivity contribution in [1.82, 2.24) is 10.1 Å². The Morgan fingerprint density at radius 3 is 2.81 bits per heavy atom. The zero-order chi connectivity index (χ0) is 14.7. The maximum Gasteiger partial charge on any atom is 0.329 e. The van der Waals surface area contributed by atoms with Gasteiger partial charge in [-0.05, 0) is 16.8 Å². The normalized spacial score (nSPS) is 10.9. The van der Waals surface area contributed by atoms with Gasteiger partial charge in [0.2, 0.25) is 5.82 Å². The fourth-order valence-corrected chi connectivity index (χ4v) is 1.98. The highest BCUT2D eigenvalue weighted by Gasteiger charge is 2.10. The summed E-state index contributed by atoms with van der Waals surface area (Å²) in [5.74, 6) is -0.335. The van der Waals surface area contributed by atoms with Crippen LogP contribution in [-0.2, 0) is 16.1 Å². The molecular weight excluding hydrogens is 272 g/mol. The van der Waals surface area contributed by atoms with Gasteiger partial charge >= 0.3 is 5.97 Å². The molecule has 106 valence electrons. The lowest BCUT2D eigenvalue weighted by atomic mass is 10.1. The molecule has 0 amide bonds. The highest BCUT2D eigenvalue weighted by molar-refractivity contribution is 5.86. The minimum Gasteiger partial charge on any atom is -0.480 e. The maximum atomic E-state index is 10.3. The first-order chi connectivity index (χ1) is 10.2. The van der Waals surface area contributed by atoms with E-state index in [2.05, 4.69) is 10.1 Å². The molecule has 2 aromatic carbocycles. The first-order valence-electron chi connectivity index (χ1n) is 6.34. The molecule has 0 aliphatic carbocycles. The minimum absolute atomic E-state index is 0.0210. The number of carbonyl (C=O) groups is 1. The molecule has 6 heteroatoms. The maximum absolute atomic E-state index is 10.3. The molecule has 0 fully saturated rings. The highest BCUT2D eigenvalue weighted by Crippen LogP contribution is 2.22. The standard InChI is InChI=1S/C15H12N2O4/c18-14(19)9-20-8-13-16-15(17-21-13)12-6-5-10-3-1-2-4-11(10)7-12/h1-7H,8-9H2,(H,18,19). The topological polar surface area (TPSA) is 85.5 Å². The molecule has 0 radical (unpaired) electrons. The van der Waals surface area contributed by atoms with Crippen molar-refractivity contribution in [2.75, 3.05) is 6.61 Å². The van der Waals surface area contributed by atoms with Crippen molar-refractivity contribution in [3.63, 3.8) is 0 Å². The number of hydrogen-bond donors (Lipinski definition) is 1. The summed E-state index contributed by atoms with van der Waals surface area (Å²) in [6.45, 7) is -0.416. The van der Waals surface area contributed by atoms with Gasteiger partial charge in [0.15, 0.2) is 0 Å². The van der Waals surface area contributed by atoms with E-state index in [-0.39, 0.29) is 12.5 Å². The molecule has 0 unspecified atom stereocenters. The van der Waals surface area contributed by atoms with Crippen molar-refractivity contribution in [3.05, 3.63) is 48.4 Å². The number of fused-ring (bicyclic) bond motifs is 1. The molecule has 0 aliphatic heterocycles. The van der Waals surface area contributed by atoms with Crippen LogP contribution in [0.1, 0.15) is 5.89 Å². The van der Waals surface area contributed by atoms with E-state index >= 15 is 0 Å². The Bertz CT molecular complexity index is 782. The number of benzene rings is 2. The van der Waals surface area contributed by atoms with E-state index in [0.29, 0.717) is 5.82 Å². The zero-order valence-corrected chi connectivity index (χ0v) is 11.0. The summed E-state index contributed by atoms with van der Waals surface area (Å²) in [5.41, 5.74) is 0.835. The molecule has 3 aromatic rings. The van der Waals surface area contributed by atoms with Gasteiger partial charge in [0.25, 0.3) is 5.89 Å². The molecule has 0 atom stereocenters. The first kappa shape index (κ1) is 13.3. The summed E-state index contributed by atoms with van der Waals surface area (Å²) in [4.78, 5) is 14.5. The number of aromatic nitrogens is 2. The Morgan fingerprint density at radius 1 is 1.19 bits per heavy atom. The monoisotopic (exact) mass is 284 g/mol. The predicted octanol–water partition coefficient (Wildman–Crippen LogP) is 2.49. The van der Waals surface area contributed by atoms with Crippen LogP contribution in [0.25, 0.3) is 22.2 Å². The fourth-order valence-electron chi connectivity index (χ4n) is 1.98. The van der Waals surface area contributed by atoms with E-state index in [4.69, 9.17) is 14.4 Å². The van der Waals surface area contributed by atoms with E-state index in [0.717, 1.165) is 16.3 Å². The van der Waals surface area contributed by atoms with E-state index in [1.54, 1.807) is 0 Å². The fraction of sp³-hybridized carbons (Fsp3) is 0.133. The lowest BCUT2D eigenvalue weighted by Gasteiger charge is -1.99. The second kappa shape index (κ2) is 5.72. The van der Waals surface area contributed by atoms with Gasteiger partial charge in [-0.15, -0.1) is 0 Å². The Balaban J connectivity index is 1.79. The Kier molecular flexibility index (Phi) is 3.61. The third-order valence-corrected chi connectivity index (χ3v) is 2.93. The van der Waals surface area contributed by atoms with Gasteiger partial charge in [0, 0.05) is 5.56 Å². The van der Waals surface area contributed by atoms with Gasteiger partial charge in [0.05, 0.1) is 0 Å². The van der Waals surface area contributed by atoms with Crippen LogP contribution in [0.15, 0.2) is 47.0 Å². The zero-order valence-electron chi connectivity index (χ0n) is 11.0. The number of ether oxygens (including phenoxy) is 1. The van der Waals surface area contributed by atoms with E-state index in [1.807, 2.05) is 42.5 Å². The lowest BCUT2D eigenvalue weighted by Crippen LogP contribution is -2.06. The van der Waals surface area contributed by atoms with Gasteiger partial charge in [-0.25, -0.2) is 4.79 Å². The van der Waals surface area contributed by atoms with Gasteiger partial charge in [-0.2, -0.15) is 4.98 Å². The van der Waals surface area contributed by atoms with Crippen molar-refractivity contribution in [2.24, 2.45) is 0 Å². The van der Waals surface area contributed by atoms with Crippen LogP contribution in [-0.4, -0.2) is 27.8 Å². The summed E-state index contributed by atoms with van der Waals surface area (Å²) >= 11 is 0. The molecule has 1 N–H and O–H groups in total. The molecule has 0 bridgehead atoms. The number of carboxylic acid groups (broad SMARTS) is 1. The van der Waals surface area contributed by atoms with Crippen LogP contribution >= 0.6 is 0 Å². The SMILES string of the molecule is O=C(O)COCc1nc(-c2ccc3ccccc3c2)no1. The number of hydrogen-bond acceptors (Lipinski definition) is 5. The molecule has 0 spiro atoms. The average Bonchev–Trinajstić information content (AvgIpc) is 2.95. The molecule has 0 saturated heterocycles. The highest BCUT2D eigenvalue weighted by atomic mass is 16.5. The van der Waals surface area contributed by atoms with Crippen LogP contribution in [0.3, 0.4) is 0 Å². The second-order valence-corrected chi connectivity index (χ2v) is 4.46.